The minimum absolute atomic E-state index is 0.0590. The predicted molar refractivity (Wildman–Crippen MR) is 98.0 cm³/mol. The molecule has 1 N–H and O–H groups in total. The fourth-order valence-electron chi connectivity index (χ4n) is 2.74. The van der Waals surface area contributed by atoms with Gasteiger partial charge >= 0.3 is 11.9 Å². The number of carboxylic acid groups (broad SMARTS) is 1. The summed E-state index contributed by atoms with van der Waals surface area (Å²) in [6.45, 7) is 6.57. The Morgan fingerprint density at radius 1 is 0.833 bits per heavy atom. The van der Waals surface area contributed by atoms with Gasteiger partial charge in [0.1, 0.15) is 6.10 Å². The molecule has 0 aromatic rings. The molecule has 0 aromatic heterocycles. The molecule has 0 radical (unpaired) electrons. The van der Waals surface area contributed by atoms with Crippen LogP contribution in [0.2, 0.25) is 0 Å². The maximum absolute atomic E-state index is 11.9. The van der Waals surface area contributed by atoms with Crippen molar-refractivity contribution in [1.82, 2.24) is 0 Å². The van der Waals surface area contributed by atoms with Crippen LogP contribution in [0.4, 0.5) is 0 Å². The van der Waals surface area contributed by atoms with Gasteiger partial charge in [0.05, 0.1) is 0 Å². The summed E-state index contributed by atoms with van der Waals surface area (Å²) in [6.07, 6.45) is 12.0. The van der Waals surface area contributed by atoms with E-state index in [1.165, 1.54) is 12.8 Å². The maximum atomic E-state index is 11.9. The zero-order valence-corrected chi connectivity index (χ0v) is 16.0. The van der Waals surface area contributed by atoms with Crippen molar-refractivity contribution in [3.63, 3.8) is 0 Å². The number of aliphatic carboxylic acids is 1. The smallest absolute Gasteiger partial charge is 0.306 e. The Morgan fingerprint density at radius 3 is 1.96 bits per heavy atom. The molecule has 0 aliphatic carbocycles. The first-order valence-electron chi connectivity index (χ1n) is 9.90. The maximum Gasteiger partial charge on any atom is 0.306 e. The number of esters is 1. The van der Waals surface area contributed by atoms with Gasteiger partial charge < -0.3 is 9.84 Å². The van der Waals surface area contributed by atoms with Crippen molar-refractivity contribution in [2.24, 2.45) is 5.92 Å². The van der Waals surface area contributed by atoms with E-state index < -0.39 is 5.97 Å². The van der Waals surface area contributed by atoms with E-state index in [-0.39, 0.29) is 18.5 Å². The Bertz CT molecular complexity index is 328. The van der Waals surface area contributed by atoms with Crippen molar-refractivity contribution in [1.29, 1.82) is 0 Å². The number of unbranched alkanes of at least 4 members (excludes halogenated alkanes) is 5. The second kappa shape index (κ2) is 15.5. The molecular weight excluding hydrogens is 304 g/mol. The second-order valence-corrected chi connectivity index (χ2v) is 6.98. The first kappa shape index (κ1) is 22.9. The summed E-state index contributed by atoms with van der Waals surface area (Å²) in [6, 6.07) is 0. The molecule has 0 saturated carbocycles. The van der Waals surface area contributed by atoms with Crippen molar-refractivity contribution >= 4 is 11.9 Å². The van der Waals surface area contributed by atoms with Gasteiger partial charge in [-0.1, -0.05) is 59.3 Å². The Hall–Kier alpha value is -1.06. The van der Waals surface area contributed by atoms with Crippen molar-refractivity contribution in [2.75, 3.05) is 0 Å². The van der Waals surface area contributed by atoms with Crippen LogP contribution in [0.15, 0.2) is 0 Å². The zero-order valence-electron chi connectivity index (χ0n) is 16.0. The molecule has 0 fully saturated rings. The van der Waals surface area contributed by atoms with Crippen LogP contribution >= 0.6 is 0 Å². The molecule has 0 aliphatic heterocycles. The van der Waals surface area contributed by atoms with Gasteiger partial charge in [0.2, 0.25) is 0 Å². The first-order valence-corrected chi connectivity index (χ1v) is 9.90. The van der Waals surface area contributed by atoms with Crippen LogP contribution in [0, 0.1) is 5.92 Å². The average molecular weight is 343 g/mol. The lowest BCUT2D eigenvalue weighted by Crippen LogP contribution is -2.17. The molecule has 0 heterocycles. The summed E-state index contributed by atoms with van der Waals surface area (Å²) in [5.41, 5.74) is 0. The van der Waals surface area contributed by atoms with Crippen molar-refractivity contribution in [2.45, 2.75) is 110 Å². The highest BCUT2D eigenvalue weighted by molar-refractivity contribution is 5.69. The van der Waals surface area contributed by atoms with Crippen LogP contribution in [0.3, 0.4) is 0 Å². The molecule has 0 amide bonds. The highest BCUT2D eigenvalue weighted by Crippen LogP contribution is 2.16. The highest BCUT2D eigenvalue weighted by Gasteiger charge is 2.12. The van der Waals surface area contributed by atoms with E-state index in [2.05, 4.69) is 20.8 Å². The molecule has 0 rings (SSSR count). The Kier molecular flexibility index (Phi) is 14.8. The van der Waals surface area contributed by atoms with Crippen LogP contribution in [0.25, 0.3) is 0 Å². The van der Waals surface area contributed by atoms with E-state index in [9.17, 15) is 9.59 Å². The number of hydrogen-bond acceptors (Lipinski definition) is 3. The lowest BCUT2D eigenvalue weighted by molar-refractivity contribution is -0.149. The molecule has 142 valence electrons. The summed E-state index contributed by atoms with van der Waals surface area (Å²) in [4.78, 5) is 22.3. The number of ether oxygens (including phenoxy) is 1. The summed E-state index contributed by atoms with van der Waals surface area (Å²) >= 11 is 0. The van der Waals surface area contributed by atoms with Crippen molar-refractivity contribution < 1.29 is 19.4 Å². The first-order chi connectivity index (χ1) is 11.5. The lowest BCUT2D eigenvalue weighted by Gasteiger charge is -2.17. The highest BCUT2D eigenvalue weighted by atomic mass is 16.5. The van der Waals surface area contributed by atoms with E-state index in [4.69, 9.17) is 9.84 Å². The van der Waals surface area contributed by atoms with Crippen LogP contribution in [0.5, 0.6) is 0 Å². The minimum atomic E-state index is -0.715. The van der Waals surface area contributed by atoms with E-state index in [1.807, 2.05) is 0 Å². The topological polar surface area (TPSA) is 63.6 Å². The molecular formula is C20H38O4. The fourth-order valence-corrected chi connectivity index (χ4v) is 2.74. The molecule has 24 heavy (non-hydrogen) atoms. The van der Waals surface area contributed by atoms with E-state index in [1.54, 1.807) is 0 Å². The molecule has 0 saturated heterocycles. The zero-order chi connectivity index (χ0) is 18.2. The quantitative estimate of drug-likeness (QED) is 0.287. The van der Waals surface area contributed by atoms with Crippen molar-refractivity contribution in [3.05, 3.63) is 0 Å². The molecule has 0 spiro atoms. The largest absolute Gasteiger partial charge is 0.481 e. The number of hydrogen-bond donors (Lipinski definition) is 1. The van der Waals surface area contributed by atoms with E-state index in [0.29, 0.717) is 6.42 Å². The van der Waals surface area contributed by atoms with Crippen molar-refractivity contribution in [3.8, 4) is 0 Å². The number of carboxylic acids is 1. The summed E-state index contributed by atoms with van der Waals surface area (Å²) in [5.74, 6) is -0.0163. The van der Waals surface area contributed by atoms with Crippen LogP contribution in [0.1, 0.15) is 104 Å². The average Bonchev–Trinajstić information content (AvgIpc) is 2.55. The molecule has 4 heteroatoms. The van der Waals surface area contributed by atoms with Crippen LogP contribution < -0.4 is 0 Å². The van der Waals surface area contributed by atoms with Gasteiger partial charge in [-0.2, -0.15) is 0 Å². The summed E-state index contributed by atoms with van der Waals surface area (Å²) < 4.78 is 5.58. The predicted octanol–water partition coefficient (Wildman–Crippen LogP) is 5.73. The standard InChI is InChI=1S/C20H38O4/c1-4-17(3)13-12-14-18(5-2)24-20(23)16-11-9-7-6-8-10-15-19(21)22/h17-18H,4-16H2,1-3H3,(H,21,22). The molecule has 4 nitrogen and oxygen atoms in total. The molecule has 2 unspecified atom stereocenters. The number of rotatable bonds is 16. The molecule has 0 aromatic carbocycles. The number of carbonyl (C=O) groups is 2. The minimum Gasteiger partial charge on any atom is -0.481 e. The fraction of sp³-hybridized carbons (Fsp3) is 0.900. The van der Waals surface area contributed by atoms with E-state index in [0.717, 1.165) is 63.7 Å². The third-order valence-corrected chi connectivity index (χ3v) is 4.69. The lowest BCUT2D eigenvalue weighted by atomic mass is 9.99. The van der Waals surface area contributed by atoms with Gasteiger partial charge in [0.25, 0.3) is 0 Å². The van der Waals surface area contributed by atoms with Gasteiger partial charge in [0.15, 0.2) is 0 Å². The van der Waals surface area contributed by atoms with E-state index >= 15 is 0 Å². The van der Waals surface area contributed by atoms with Crippen LogP contribution in [-0.4, -0.2) is 23.1 Å². The number of carbonyl (C=O) groups excluding carboxylic acids is 1. The third-order valence-electron chi connectivity index (χ3n) is 4.69. The third kappa shape index (κ3) is 14.5. The van der Waals surface area contributed by atoms with Gasteiger partial charge in [-0.15, -0.1) is 0 Å². The van der Waals surface area contributed by atoms with Gasteiger partial charge in [-0.3, -0.25) is 9.59 Å². The van der Waals surface area contributed by atoms with Crippen LogP contribution in [-0.2, 0) is 14.3 Å². The normalized spacial score (nSPS) is 13.5. The van der Waals surface area contributed by atoms with Gasteiger partial charge in [-0.05, 0) is 38.0 Å². The van der Waals surface area contributed by atoms with Gasteiger partial charge in [0, 0.05) is 12.8 Å². The monoisotopic (exact) mass is 342 g/mol. The Morgan fingerprint density at radius 2 is 1.42 bits per heavy atom. The Labute approximate surface area is 148 Å². The second-order valence-electron chi connectivity index (χ2n) is 6.98. The molecule has 2 atom stereocenters. The Balaban J connectivity index is 3.59. The summed E-state index contributed by atoms with van der Waals surface area (Å²) in [5, 5.41) is 8.55. The molecule has 0 bridgehead atoms. The summed E-state index contributed by atoms with van der Waals surface area (Å²) in [7, 11) is 0. The molecule has 0 aliphatic rings. The van der Waals surface area contributed by atoms with Gasteiger partial charge in [-0.25, -0.2) is 0 Å². The SMILES string of the molecule is CCC(C)CCCC(CC)OC(=O)CCCCCCCCC(=O)O.